The molecule has 0 radical (unpaired) electrons. The summed E-state index contributed by atoms with van der Waals surface area (Å²) >= 11 is 14.0. The van der Waals surface area contributed by atoms with Gasteiger partial charge >= 0.3 is 0 Å². The fourth-order valence-corrected chi connectivity index (χ4v) is 6.38. The van der Waals surface area contributed by atoms with E-state index >= 15 is 0 Å². The molecule has 3 aromatic rings. The van der Waals surface area contributed by atoms with Gasteiger partial charge in [-0.15, -0.1) is 11.8 Å². The smallest absolute Gasteiger partial charge is 0.264 e. The number of thioether (sulfide) groups is 1. The molecule has 3 rings (SSSR count). The molecule has 3 aromatic carbocycles. The van der Waals surface area contributed by atoms with Crippen LogP contribution in [0.15, 0.2) is 76.5 Å². The number of nitrogens with one attached hydrogen (secondary N) is 1. The first-order chi connectivity index (χ1) is 20.0. The zero-order chi connectivity index (χ0) is 30.9. The molecule has 0 fully saturated rings. The van der Waals surface area contributed by atoms with Crippen molar-refractivity contribution in [2.45, 2.75) is 49.6 Å². The van der Waals surface area contributed by atoms with Crippen molar-refractivity contribution in [3.63, 3.8) is 0 Å². The van der Waals surface area contributed by atoms with Crippen LogP contribution in [0.3, 0.4) is 0 Å². The summed E-state index contributed by atoms with van der Waals surface area (Å²) in [6, 6.07) is 16.9. The lowest BCUT2D eigenvalue weighted by Crippen LogP contribution is -2.51. The first kappa shape index (κ1) is 33.6. The largest absolute Gasteiger partial charge is 0.494 e. The number of rotatable bonds is 14. The normalized spacial score (nSPS) is 12.0. The molecule has 0 spiro atoms. The van der Waals surface area contributed by atoms with Crippen LogP contribution in [0.2, 0.25) is 10.0 Å². The minimum Gasteiger partial charge on any atom is -0.494 e. The van der Waals surface area contributed by atoms with Gasteiger partial charge < -0.3 is 15.0 Å². The lowest BCUT2D eigenvalue weighted by molar-refractivity contribution is -0.139. The van der Waals surface area contributed by atoms with Crippen LogP contribution in [-0.2, 0) is 26.2 Å². The van der Waals surface area contributed by atoms with Gasteiger partial charge in [0.1, 0.15) is 18.3 Å². The summed E-state index contributed by atoms with van der Waals surface area (Å²) in [4.78, 5) is 29.3. The lowest BCUT2D eigenvalue weighted by atomic mass is 10.1. The number of ether oxygens (including phenoxy) is 1. The number of hydrogen-bond donors (Lipinski definition) is 1. The van der Waals surface area contributed by atoms with E-state index in [-0.39, 0.29) is 23.0 Å². The molecule has 1 N–H and O–H groups in total. The van der Waals surface area contributed by atoms with Crippen LogP contribution < -0.4 is 14.4 Å². The van der Waals surface area contributed by atoms with Crippen LogP contribution in [-0.4, -0.2) is 57.1 Å². The van der Waals surface area contributed by atoms with E-state index in [2.05, 4.69) is 5.32 Å². The molecule has 0 aliphatic rings. The summed E-state index contributed by atoms with van der Waals surface area (Å²) in [7, 11) is -4.19. The molecule has 0 saturated heterocycles. The van der Waals surface area contributed by atoms with E-state index in [4.69, 9.17) is 27.9 Å². The predicted molar refractivity (Wildman–Crippen MR) is 170 cm³/mol. The first-order valence-corrected chi connectivity index (χ1v) is 16.8. The zero-order valence-electron chi connectivity index (χ0n) is 24.0. The van der Waals surface area contributed by atoms with Gasteiger partial charge in [-0.1, -0.05) is 36.2 Å². The molecule has 2 amide bonds. The molecule has 226 valence electrons. The molecule has 0 heterocycles. The number of amides is 2. The molecule has 0 aliphatic heterocycles. The Balaban J connectivity index is 2.04. The molecule has 0 aromatic heterocycles. The number of carbonyl (C=O) groups is 2. The van der Waals surface area contributed by atoms with Crippen LogP contribution in [0.4, 0.5) is 5.69 Å². The summed E-state index contributed by atoms with van der Waals surface area (Å²) in [5, 5.41) is 3.56. The van der Waals surface area contributed by atoms with Gasteiger partial charge in [-0.2, -0.15) is 0 Å². The van der Waals surface area contributed by atoms with Gasteiger partial charge in [0, 0.05) is 28.0 Å². The van der Waals surface area contributed by atoms with Gasteiger partial charge in [0.2, 0.25) is 11.8 Å². The molecule has 12 heteroatoms. The second-order valence-electron chi connectivity index (χ2n) is 9.34. The number of sulfonamides is 1. The Kier molecular flexibility index (Phi) is 12.4. The standard InChI is InChI=1S/C30H35Cl2N3O5S2/c1-5-17-33-30(37)21(3)34(19-22-7-8-23(31)18-28(22)32)29(36)20-35(24-9-11-25(12-10-24)40-6-2)42(38,39)27-15-13-26(41-4)14-16-27/h7-16,18,21H,5-6,17,19-20H2,1-4H3,(H,33,37)/t21-/m0/s1. The van der Waals surface area contributed by atoms with Crippen molar-refractivity contribution in [3.8, 4) is 5.75 Å². The Morgan fingerprint density at radius 2 is 1.67 bits per heavy atom. The Bertz CT molecular complexity index is 1470. The maximum Gasteiger partial charge on any atom is 0.264 e. The van der Waals surface area contributed by atoms with Gasteiger partial charge in [0.25, 0.3) is 10.0 Å². The average Bonchev–Trinajstić information content (AvgIpc) is 2.98. The van der Waals surface area contributed by atoms with Crippen molar-refractivity contribution >= 4 is 62.5 Å². The number of carbonyl (C=O) groups excluding carboxylic acids is 2. The van der Waals surface area contributed by atoms with E-state index in [9.17, 15) is 18.0 Å². The minimum absolute atomic E-state index is 0.0306. The fourth-order valence-electron chi connectivity index (χ4n) is 4.09. The highest BCUT2D eigenvalue weighted by atomic mass is 35.5. The fraction of sp³-hybridized carbons (Fsp3) is 0.333. The predicted octanol–water partition coefficient (Wildman–Crippen LogP) is 6.25. The molecule has 0 saturated carbocycles. The summed E-state index contributed by atoms with van der Waals surface area (Å²) < 4.78 is 34.6. The monoisotopic (exact) mass is 651 g/mol. The number of anilines is 1. The van der Waals surface area contributed by atoms with E-state index < -0.39 is 28.5 Å². The lowest BCUT2D eigenvalue weighted by Gasteiger charge is -2.32. The summed E-state index contributed by atoms with van der Waals surface area (Å²) in [6.07, 6.45) is 2.61. The summed E-state index contributed by atoms with van der Waals surface area (Å²) in [6.45, 7) is 5.66. The van der Waals surface area contributed by atoms with Gasteiger partial charge in [-0.25, -0.2) is 8.42 Å². The molecular formula is C30H35Cl2N3O5S2. The Labute approximate surface area is 262 Å². The summed E-state index contributed by atoms with van der Waals surface area (Å²) in [5.74, 6) is -0.383. The minimum atomic E-state index is -4.19. The Morgan fingerprint density at radius 1 is 1.00 bits per heavy atom. The van der Waals surface area contributed by atoms with E-state index in [1.54, 1.807) is 61.5 Å². The van der Waals surface area contributed by atoms with E-state index in [0.717, 1.165) is 9.20 Å². The highest BCUT2D eigenvalue weighted by Gasteiger charge is 2.33. The molecule has 8 nitrogen and oxygen atoms in total. The van der Waals surface area contributed by atoms with Gasteiger partial charge in [0.15, 0.2) is 0 Å². The number of benzene rings is 3. The van der Waals surface area contributed by atoms with Crippen molar-refractivity contribution in [1.29, 1.82) is 0 Å². The SMILES string of the molecule is CCCNC(=O)[C@H](C)N(Cc1ccc(Cl)cc1Cl)C(=O)CN(c1ccc(OCC)cc1)S(=O)(=O)c1ccc(SC)cc1. The highest BCUT2D eigenvalue weighted by Crippen LogP contribution is 2.28. The second-order valence-corrected chi connectivity index (χ2v) is 12.9. The molecule has 42 heavy (non-hydrogen) atoms. The topological polar surface area (TPSA) is 96.0 Å². The van der Waals surface area contributed by atoms with Crippen LogP contribution in [0, 0.1) is 0 Å². The molecule has 0 aliphatic carbocycles. The highest BCUT2D eigenvalue weighted by molar-refractivity contribution is 7.98. The Hall–Kier alpha value is -2.92. The number of halogens is 2. The second kappa shape index (κ2) is 15.5. The van der Waals surface area contributed by atoms with Gasteiger partial charge in [0.05, 0.1) is 17.2 Å². The third-order valence-corrected chi connectivity index (χ3v) is 9.55. The third kappa shape index (κ3) is 8.56. The van der Waals surface area contributed by atoms with Crippen LogP contribution in [0.25, 0.3) is 0 Å². The quantitative estimate of drug-likeness (QED) is 0.207. The van der Waals surface area contributed by atoms with Crippen molar-refractivity contribution in [2.75, 3.05) is 30.3 Å². The van der Waals surface area contributed by atoms with Crippen LogP contribution >= 0.6 is 35.0 Å². The van der Waals surface area contributed by atoms with E-state index in [1.807, 2.05) is 20.1 Å². The Morgan fingerprint density at radius 3 is 2.24 bits per heavy atom. The van der Waals surface area contributed by atoms with Crippen molar-refractivity contribution in [3.05, 3.63) is 82.3 Å². The van der Waals surface area contributed by atoms with E-state index in [1.165, 1.54) is 28.8 Å². The zero-order valence-corrected chi connectivity index (χ0v) is 27.1. The van der Waals surface area contributed by atoms with Crippen LogP contribution in [0.5, 0.6) is 5.75 Å². The van der Waals surface area contributed by atoms with Crippen LogP contribution in [0.1, 0.15) is 32.8 Å². The third-order valence-electron chi connectivity index (χ3n) is 6.43. The molecule has 1 atom stereocenters. The summed E-state index contributed by atoms with van der Waals surface area (Å²) in [5.41, 5.74) is 0.834. The molecular weight excluding hydrogens is 617 g/mol. The van der Waals surface area contributed by atoms with Crippen molar-refractivity contribution < 1.29 is 22.7 Å². The van der Waals surface area contributed by atoms with E-state index in [0.29, 0.717) is 40.9 Å². The maximum absolute atomic E-state index is 14.0. The molecule has 0 unspecified atom stereocenters. The number of nitrogens with zero attached hydrogens (tertiary/aromatic N) is 2. The van der Waals surface area contributed by atoms with Gasteiger partial charge in [-0.05, 0) is 92.8 Å². The molecule has 0 bridgehead atoms. The first-order valence-electron chi connectivity index (χ1n) is 13.4. The van der Waals surface area contributed by atoms with Crippen molar-refractivity contribution in [1.82, 2.24) is 10.2 Å². The average molecular weight is 653 g/mol. The maximum atomic E-state index is 14.0. The number of hydrogen-bond acceptors (Lipinski definition) is 6. The van der Waals surface area contributed by atoms with Gasteiger partial charge in [-0.3, -0.25) is 13.9 Å². The van der Waals surface area contributed by atoms with Crippen molar-refractivity contribution in [2.24, 2.45) is 0 Å².